The first-order valence-electron chi connectivity index (χ1n) is 8.95. The number of amidine groups is 1. The van der Waals surface area contributed by atoms with Crippen molar-refractivity contribution in [2.24, 2.45) is 4.99 Å². The zero-order valence-electron chi connectivity index (χ0n) is 15.2. The first-order chi connectivity index (χ1) is 13.5. The lowest BCUT2D eigenvalue weighted by atomic mass is 10.2. The number of carbonyl (C=O) groups is 1. The lowest BCUT2D eigenvalue weighted by Gasteiger charge is -2.27. The van der Waals surface area contributed by atoms with Gasteiger partial charge in [0.2, 0.25) is 0 Å². The Morgan fingerprint density at radius 1 is 1.11 bits per heavy atom. The number of thioether (sulfide) groups is 1. The van der Waals surface area contributed by atoms with Crippen LogP contribution in [0.15, 0.2) is 22.0 Å². The number of carbonyl (C=O) groups excluding carboxylic acids is 1. The molecule has 1 aromatic rings. The van der Waals surface area contributed by atoms with Crippen molar-refractivity contribution < 1.29 is 24.7 Å². The molecule has 0 bridgehead atoms. The van der Waals surface area contributed by atoms with Gasteiger partial charge in [-0.1, -0.05) is 5.75 Å². The number of hydrogen-bond donors (Lipinski definition) is 1. The molecule has 10 heteroatoms. The van der Waals surface area contributed by atoms with Crippen LogP contribution in [0.25, 0.3) is 6.08 Å². The van der Waals surface area contributed by atoms with Gasteiger partial charge in [-0.25, -0.2) is 0 Å². The number of hydrogen-bond acceptors (Lipinski definition) is 6. The molecule has 2 N–H and O–H groups in total. The largest absolute Gasteiger partial charge is 0.871 e. The van der Waals surface area contributed by atoms with Crippen molar-refractivity contribution in [3.8, 4) is 5.75 Å². The second-order valence-electron chi connectivity index (χ2n) is 6.20. The number of halogens is 2. The van der Waals surface area contributed by atoms with Gasteiger partial charge >= 0.3 is 0 Å². The van der Waals surface area contributed by atoms with Crippen LogP contribution in [0.3, 0.4) is 0 Å². The van der Waals surface area contributed by atoms with Crippen molar-refractivity contribution >= 4 is 74.1 Å². The van der Waals surface area contributed by atoms with Crippen LogP contribution in [0.4, 0.5) is 0 Å². The Hall–Kier alpha value is -0.410. The van der Waals surface area contributed by atoms with Crippen molar-refractivity contribution in [1.29, 1.82) is 0 Å². The van der Waals surface area contributed by atoms with Crippen LogP contribution in [-0.4, -0.2) is 68.6 Å². The van der Waals surface area contributed by atoms with Gasteiger partial charge in [0.1, 0.15) is 0 Å². The van der Waals surface area contributed by atoms with Crippen LogP contribution in [-0.2, 0) is 14.3 Å². The number of quaternary nitrogens is 1. The van der Waals surface area contributed by atoms with Gasteiger partial charge in [0.05, 0.1) is 44.4 Å². The average molecular weight is 629 g/mol. The Labute approximate surface area is 195 Å². The summed E-state index contributed by atoms with van der Waals surface area (Å²) in [6, 6.07) is 3.58. The van der Waals surface area contributed by atoms with E-state index in [0.29, 0.717) is 25.3 Å². The summed E-state index contributed by atoms with van der Waals surface area (Å²) in [7, 11) is 0. The van der Waals surface area contributed by atoms with Crippen molar-refractivity contribution in [3.05, 3.63) is 29.7 Å². The lowest BCUT2D eigenvalue weighted by molar-refractivity contribution is -0.670. The number of rotatable bonds is 1. The average Bonchev–Trinajstić information content (AvgIpc) is 3.09. The topological polar surface area (TPSA) is 90.8 Å². The summed E-state index contributed by atoms with van der Waals surface area (Å²) in [6.45, 7) is 7.03. The molecule has 3 aliphatic heterocycles. The molecular formula is C18H21I2N3O4S. The van der Waals surface area contributed by atoms with Crippen LogP contribution in [0, 0.1) is 7.14 Å². The summed E-state index contributed by atoms with van der Waals surface area (Å²) in [4.78, 5) is 18.9. The Morgan fingerprint density at radius 2 is 1.71 bits per heavy atom. The molecule has 3 heterocycles. The molecule has 2 fully saturated rings. The van der Waals surface area contributed by atoms with Gasteiger partial charge < -0.3 is 24.8 Å². The standard InChI is InChI=1S/C14H12I2N2O3S.C4H9NO/c15-9-5-8(6-10(16)12(9)19)7-11-13(20)17-14(22-11)18-1-3-21-4-2-18;1-3-6-4-2-5-1/h5-7,19H,1-4H2;5H,1-4H2/b11-7+;. The van der Waals surface area contributed by atoms with Gasteiger partial charge in [0.15, 0.2) is 5.17 Å². The molecule has 0 aromatic heterocycles. The summed E-state index contributed by atoms with van der Waals surface area (Å²) in [5.41, 5.74) is 0.850. The molecule has 0 spiro atoms. The molecule has 1 amide bonds. The third-order valence-corrected chi connectivity index (χ3v) is 6.79. The monoisotopic (exact) mass is 629 g/mol. The zero-order valence-corrected chi connectivity index (χ0v) is 20.3. The van der Waals surface area contributed by atoms with E-state index in [1.54, 1.807) is 18.2 Å². The molecule has 7 nitrogen and oxygen atoms in total. The van der Waals surface area contributed by atoms with Crippen molar-refractivity contribution in [2.45, 2.75) is 0 Å². The third kappa shape index (κ3) is 6.29. The van der Waals surface area contributed by atoms with Gasteiger partial charge in [-0.2, -0.15) is 4.99 Å². The van der Waals surface area contributed by atoms with E-state index >= 15 is 0 Å². The first-order valence-corrected chi connectivity index (χ1v) is 11.9. The molecule has 3 aliphatic rings. The van der Waals surface area contributed by atoms with Crippen LogP contribution < -0.4 is 10.4 Å². The minimum atomic E-state index is -0.220. The first kappa shape index (κ1) is 22.3. The number of morpholine rings is 2. The Morgan fingerprint density at radius 3 is 2.25 bits per heavy atom. The second-order valence-corrected chi connectivity index (χ2v) is 9.54. The fourth-order valence-electron chi connectivity index (χ4n) is 2.68. The number of nitrogens with two attached hydrogens (primary N) is 1. The molecule has 0 unspecified atom stereocenters. The minimum Gasteiger partial charge on any atom is -0.871 e. The van der Waals surface area contributed by atoms with Gasteiger partial charge in [0, 0.05) is 20.2 Å². The minimum absolute atomic E-state index is 0.0269. The molecule has 0 atom stereocenters. The molecule has 0 aliphatic carbocycles. The van der Waals surface area contributed by atoms with E-state index in [2.05, 4.69) is 15.2 Å². The van der Waals surface area contributed by atoms with Gasteiger partial charge in [0.25, 0.3) is 5.91 Å². The summed E-state index contributed by atoms with van der Waals surface area (Å²) < 4.78 is 11.7. The smallest absolute Gasteiger partial charge is 0.286 e. The van der Waals surface area contributed by atoms with Crippen LogP contribution >= 0.6 is 56.9 Å². The highest BCUT2D eigenvalue weighted by molar-refractivity contribution is 14.1. The maximum atomic E-state index is 12.1. The van der Waals surface area contributed by atoms with E-state index in [9.17, 15) is 9.90 Å². The molecule has 1 aromatic carbocycles. The Kier molecular flexibility index (Phi) is 8.84. The van der Waals surface area contributed by atoms with E-state index in [0.717, 1.165) is 50.1 Å². The maximum Gasteiger partial charge on any atom is 0.286 e. The maximum absolute atomic E-state index is 12.1. The van der Waals surface area contributed by atoms with Crippen LogP contribution in [0.2, 0.25) is 0 Å². The summed E-state index contributed by atoms with van der Waals surface area (Å²) in [5.74, 6) is -0.193. The molecular weight excluding hydrogens is 608 g/mol. The Balaban J connectivity index is 0.000000320. The summed E-state index contributed by atoms with van der Waals surface area (Å²) in [6.07, 6.45) is 1.80. The zero-order chi connectivity index (χ0) is 19.9. The quantitative estimate of drug-likeness (QED) is 0.367. The molecule has 0 saturated carbocycles. The second kappa shape index (κ2) is 11.1. The summed E-state index contributed by atoms with van der Waals surface area (Å²) >= 11 is 5.42. The van der Waals surface area contributed by atoms with E-state index in [1.807, 2.05) is 45.2 Å². The molecule has 2 saturated heterocycles. The number of amides is 1. The highest BCUT2D eigenvalue weighted by Crippen LogP contribution is 2.32. The number of aliphatic imine (C=N–C) groups is 1. The highest BCUT2D eigenvalue weighted by Gasteiger charge is 2.27. The normalized spacial score (nSPS) is 21.4. The van der Waals surface area contributed by atoms with Gasteiger partial charge in [-0.05, 0) is 80.7 Å². The van der Waals surface area contributed by atoms with Crippen molar-refractivity contribution in [1.82, 2.24) is 4.90 Å². The fraction of sp³-hybridized carbons (Fsp3) is 0.444. The van der Waals surface area contributed by atoms with Crippen molar-refractivity contribution in [2.75, 3.05) is 52.6 Å². The number of ether oxygens (including phenoxy) is 2. The number of nitrogens with zero attached hydrogens (tertiary/aromatic N) is 2. The van der Waals surface area contributed by atoms with E-state index in [1.165, 1.54) is 11.8 Å². The molecule has 152 valence electrons. The fourth-order valence-corrected chi connectivity index (χ4v) is 5.46. The molecule has 28 heavy (non-hydrogen) atoms. The van der Waals surface area contributed by atoms with E-state index in [-0.39, 0.29) is 11.7 Å². The third-order valence-electron chi connectivity index (χ3n) is 4.14. The van der Waals surface area contributed by atoms with Crippen LogP contribution in [0.1, 0.15) is 5.56 Å². The molecule has 4 rings (SSSR count). The van der Waals surface area contributed by atoms with Crippen molar-refractivity contribution in [3.63, 3.8) is 0 Å². The Bertz CT molecular complexity index is 744. The lowest BCUT2D eigenvalue weighted by Crippen LogP contribution is -2.87. The predicted molar refractivity (Wildman–Crippen MR) is 124 cm³/mol. The number of benzene rings is 1. The van der Waals surface area contributed by atoms with Crippen LogP contribution in [0.5, 0.6) is 5.75 Å². The van der Waals surface area contributed by atoms with Gasteiger partial charge in [-0.15, -0.1) is 0 Å². The van der Waals surface area contributed by atoms with E-state index in [4.69, 9.17) is 9.47 Å². The summed E-state index contributed by atoms with van der Waals surface area (Å²) in [5, 5.41) is 14.7. The SMILES string of the molecule is C1COCC[NH2+]1.O=C1N=C(N2CCOCC2)S/C1=C/c1cc(I)c([O-])c(I)c1. The molecule has 0 radical (unpaired) electrons. The highest BCUT2D eigenvalue weighted by atomic mass is 127. The predicted octanol–water partition coefficient (Wildman–Crippen LogP) is 0.852. The van der Waals surface area contributed by atoms with E-state index < -0.39 is 0 Å². The van der Waals surface area contributed by atoms with Gasteiger partial charge in [-0.3, -0.25) is 4.79 Å².